The molecule has 0 saturated heterocycles. The minimum atomic E-state index is 0.578. The highest BCUT2D eigenvalue weighted by Gasteiger charge is 2.24. The molecule has 0 amide bonds. The van der Waals surface area contributed by atoms with Gasteiger partial charge in [0.1, 0.15) is 11.2 Å². The van der Waals surface area contributed by atoms with E-state index in [-0.39, 0.29) is 0 Å². The number of furan rings is 1. The summed E-state index contributed by atoms with van der Waals surface area (Å²) in [4.78, 5) is 20.6. The highest BCUT2D eigenvalue weighted by atomic mass is 32.2. The van der Waals surface area contributed by atoms with E-state index in [1.807, 2.05) is 18.2 Å². The van der Waals surface area contributed by atoms with E-state index in [0.29, 0.717) is 17.5 Å². The quantitative estimate of drug-likeness (QED) is 0.172. The van der Waals surface area contributed by atoms with Gasteiger partial charge in [-0.2, -0.15) is 0 Å². The van der Waals surface area contributed by atoms with E-state index in [1.165, 1.54) is 47.0 Å². The average Bonchev–Trinajstić information content (AvgIpc) is 3.58. The molecule has 0 N–H and O–H groups in total. The lowest BCUT2D eigenvalue weighted by molar-refractivity contribution is 0.669. The maximum Gasteiger partial charge on any atom is 0.167 e. The topological polar surface area (TPSA) is 51.8 Å². The normalized spacial score (nSPS) is 12.5. The van der Waals surface area contributed by atoms with E-state index >= 15 is 0 Å². The van der Waals surface area contributed by atoms with Gasteiger partial charge in [-0.05, 0) is 74.8 Å². The molecular formula is C45H25N3OS2. The Morgan fingerprint density at radius 1 is 0.373 bits per heavy atom. The van der Waals surface area contributed by atoms with Gasteiger partial charge in [0.15, 0.2) is 17.5 Å². The second-order valence-corrected chi connectivity index (χ2v) is 14.9. The number of hydrogen-bond donors (Lipinski definition) is 0. The summed E-state index contributed by atoms with van der Waals surface area (Å²) in [5.74, 6) is 1.83. The predicted molar refractivity (Wildman–Crippen MR) is 211 cm³/mol. The molecule has 0 aliphatic carbocycles. The van der Waals surface area contributed by atoms with Crippen LogP contribution in [-0.2, 0) is 0 Å². The van der Waals surface area contributed by atoms with Crippen molar-refractivity contribution >= 4 is 77.8 Å². The van der Waals surface area contributed by atoms with Gasteiger partial charge in [-0.1, -0.05) is 133 Å². The third-order valence-corrected chi connectivity index (χ3v) is 12.4. The first-order valence-corrected chi connectivity index (χ1v) is 18.5. The molecule has 0 saturated carbocycles. The second-order valence-electron chi connectivity index (χ2n) is 12.7. The maximum absolute atomic E-state index is 6.50. The zero-order valence-electron chi connectivity index (χ0n) is 27.0. The summed E-state index contributed by atoms with van der Waals surface area (Å²) in [6, 6.07) is 53.3. The Bertz CT molecular complexity index is 3020. The number of aromatic nitrogens is 3. The van der Waals surface area contributed by atoms with Crippen molar-refractivity contribution in [2.75, 3.05) is 0 Å². The Kier molecular flexibility index (Phi) is 6.38. The Hall–Kier alpha value is -5.95. The average molecular weight is 688 g/mol. The minimum absolute atomic E-state index is 0.578. The van der Waals surface area contributed by atoms with Gasteiger partial charge < -0.3 is 4.42 Å². The number of fused-ring (bicyclic) bond motifs is 11. The third-order valence-electron chi connectivity index (χ3n) is 9.78. The van der Waals surface area contributed by atoms with E-state index in [1.54, 1.807) is 23.5 Å². The highest BCUT2D eigenvalue weighted by Crippen LogP contribution is 2.51. The van der Waals surface area contributed by atoms with E-state index < -0.39 is 0 Å². The van der Waals surface area contributed by atoms with Gasteiger partial charge in [-0.25, -0.2) is 15.0 Å². The summed E-state index contributed by atoms with van der Waals surface area (Å²) in [6.45, 7) is 0. The second kappa shape index (κ2) is 11.3. The molecule has 11 rings (SSSR count). The first-order chi connectivity index (χ1) is 25.3. The molecule has 8 aromatic carbocycles. The van der Waals surface area contributed by atoms with Gasteiger partial charge >= 0.3 is 0 Å². The molecule has 0 fully saturated rings. The van der Waals surface area contributed by atoms with Crippen LogP contribution in [0.4, 0.5) is 0 Å². The zero-order chi connectivity index (χ0) is 33.5. The lowest BCUT2D eigenvalue weighted by atomic mass is 9.93. The van der Waals surface area contributed by atoms with Gasteiger partial charge in [0.2, 0.25) is 0 Å². The fourth-order valence-electron chi connectivity index (χ4n) is 7.44. The van der Waals surface area contributed by atoms with Crippen LogP contribution in [0.5, 0.6) is 0 Å². The van der Waals surface area contributed by atoms with E-state index in [9.17, 15) is 0 Å². The molecule has 1 aliphatic rings. The van der Waals surface area contributed by atoms with Crippen LogP contribution in [0, 0.1) is 0 Å². The van der Waals surface area contributed by atoms with E-state index in [2.05, 4.69) is 133 Å². The largest absolute Gasteiger partial charge is 0.455 e. The summed E-state index contributed by atoms with van der Waals surface area (Å²) in [5.41, 5.74) is 4.36. The van der Waals surface area contributed by atoms with Crippen LogP contribution in [0.1, 0.15) is 0 Å². The Balaban J connectivity index is 1.18. The number of para-hydroxylation sites is 2. The van der Waals surface area contributed by atoms with Crippen LogP contribution >= 0.6 is 23.5 Å². The summed E-state index contributed by atoms with van der Waals surface area (Å²) in [5, 5.41) is 9.41. The zero-order valence-corrected chi connectivity index (χ0v) is 28.6. The molecule has 2 aromatic heterocycles. The molecule has 51 heavy (non-hydrogen) atoms. The molecule has 0 atom stereocenters. The number of benzene rings is 8. The van der Waals surface area contributed by atoms with Crippen LogP contribution in [-0.4, -0.2) is 15.0 Å². The van der Waals surface area contributed by atoms with Gasteiger partial charge in [-0.15, -0.1) is 0 Å². The Morgan fingerprint density at radius 3 is 1.67 bits per heavy atom. The number of rotatable bonds is 3. The van der Waals surface area contributed by atoms with Crippen LogP contribution in [0.2, 0.25) is 0 Å². The van der Waals surface area contributed by atoms with Gasteiger partial charge in [-0.3, -0.25) is 0 Å². The summed E-state index contributed by atoms with van der Waals surface area (Å²) in [7, 11) is 0. The van der Waals surface area contributed by atoms with Crippen LogP contribution < -0.4 is 0 Å². The highest BCUT2D eigenvalue weighted by molar-refractivity contribution is 8.05. The Morgan fingerprint density at radius 2 is 0.902 bits per heavy atom. The lowest BCUT2D eigenvalue weighted by Crippen LogP contribution is -2.02. The SMILES string of the molecule is c1ccc2c(c1)Sc1cccc(-c3nc(-c4ccc5c6ccccc6c6ccccc6c5c4)nc(-c4cccc5c4oc4ccccc45)n3)c1S2. The molecule has 6 heteroatoms. The molecule has 3 heterocycles. The smallest absolute Gasteiger partial charge is 0.167 e. The van der Waals surface area contributed by atoms with Crippen molar-refractivity contribution in [2.45, 2.75) is 19.6 Å². The first-order valence-electron chi connectivity index (χ1n) is 16.9. The summed E-state index contributed by atoms with van der Waals surface area (Å²) in [6.07, 6.45) is 0. The van der Waals surface area contributed by atoms with Crippen molar-refractivity contribution in [3.05, 3.63) is 152 Å². The predicted octanol–water partition coefficient (Wildman–Crippen LogP) is 12.8. The third kappa shape index (κ3) is 4.54. The molecule has 0 bridgehead atoms. The van der Waals surface area contributed by atoms with Gasteiger partial charge in [0.05, 0.1) is 5.56 Å². The molecule has 238 valence electrons. The summed E-state index contributed by atoms with van der Waals surface area (Å²) < 4.78 is 6.50. The van der Waals surface area contributed by atoms with E-state index in [4.69, 9.17) is 19.4 Å². The fourth-order valence-corrected chi connectivity index (χ4v) is 9.82. The van der Waals surface area contributed by atoms with E-state index in [0.717, 1.165) is 43.5 Å². The van der Waals surface area contributed by atoms with Crippen LogP contribution in [0.15, 0.2) is 176 Å². The first kappa shape index (κ1) is 28.8. The molecule has 0 radical (unpaired) electrons. The fraction of sp³-hybridized carbons (Fsp3) is 0. The van der Waals surface area contributed by atoms with Gasteiger partial charge in [0, 0.05) is 41.5 Å². The minimum Gasteiger partial charge on any atom is -0.455 e. The standard InChI is InChI=1S/C45H25N3OS2/c1-2-13-29-27(11-1)28-12-3-4-14-30(28)36-25-26(23-24-31(29)36)43-46-44(34-17-9-16-33-32-15-5-6-19-37(32)49-41(33)34)48-45(47-43)35-18-10-22-40-42(35)51-39-21-8-7-20-38(39)50-40/h1-25H. The molecule has 0 spiro atoms. The number of hydrogen-bond acceptors (Lipinski definition) is 6. The molecule has 1 aliphatic heterocycles. The van der Waals surface area contributed by atoms with Crippen LogP contribution in [0.25, 0.3) is 88.4 Å². The molecular weight excluding hydrogens is 663 g/mol. The van der Waals surface area contributed by atoms with Crippen LogP contribution in [0.3, 0.4) is 0 Å². The van der Waals surface area contributed by atoms with Crippen molar-refractivity contribution in [1.82, 2.24) is 15.0 Å². The van der Waals surface area contributed by atoms with Crippen molar-refractivity contribution < 1.29 is 4.42 Å². The molecule has 4 nitrogen and oxygen atoms in total. The molecule has 10 aromatic rings. The van der Waals surface area contributed by atoms with Gasteiger partial charge in [0.25, 0.3) is 0 Å². The summed E-state index contributed by atoms with van der Waals surface area (Å²) >= 11 is 3.57. The molecule has 0 unspecified atom stereocenters. The van der Waals surface area contributed by atoms with Crippen molar-refractivity contribution in [1.29, 1.82) is 0 Å². The van der Waals surface area contributed by atoms with Crippen molar-refractivity contribution in [3.63, 3.8) is 0 Å². The van der Waals surface area contributed by atoms with Crippen molar-refractivity contribution in [3.8, 4) is 34.2 Å². The monoisotopic (exact) mass is 687 g/mol. The van der Waals surface area contributed by atoms with Crippen molar-refractivity contribution in [2.24, 2.45) is 0 Å². The number of nitrogens with zero attached hydrogens (tertiary/aromatic N) is 3. The lowest BCUT2D eigenvalue weighted by Gasteiger charge is -2.20. The Labute approximate surface area is 301 Å². The maximum atomic E-state index is 6.50.